The number of rotatable bonds is 6. The molecule has 0 aliphatic carbocycles. The van der Waals surface area contributed by atoms with E-state index in [0.717, 1.165) is 34.0 Å². The zero-order valence-corrected chi connectivity index (χ0v) is 14.1. The van der Waals surface area contributed by atoms with Gasteiger partial charge in [0.2, 0.25) is 0 Å². The molecule has 0 spiro atoms. The molecule has 2 rings (SSSR count). The van der Waals surface area contributed by atoms with Crippen LogP contribution in [0.2, 0.25) is 5.02 Å². The van der Waals surface area contributed by atoms with E-state index in [4.69, 9.17) is 11.6 Å². The van der Waals surface area contributed by atoms with Crippen molar-refractivity contribution in [3.05, 3.63) is 37.7 Å². The van der Waals surface area contributed by atoms with Crippen LogP contribution in [-0.2, 0) is 6.54 Å². The van der Waals surface area contributed by atoms with Crippen molar-refractivity contribution in [1.29, 1.82) is 0 Å². The molecule has 1 atom stereocenters. The highest BCUT2D eigenvalue weighted by atomic mass is 79.9. The lowest BCUT2D eigenvalue weighted by atomic mass is 10.1. The fraction of sp³-hybridized carbons (Fsp3) is 0.462. The zero-order chi connectivity index (χ0) is 13.8. The first-order chi connectivity index (χ1) is 9.17. The standard InChI is InChI=1S/C13H17BrClN3S/c1-3-5-16-12(9-6-11(14)19-8-9)13-10(15)7-17-18(13)4-2/h6-8,12,16H,3-5H2,1-2H3. The van der Waals surface area contributed by atoms with Crippen molar-refractivity contribution in [3.8, 4) is 0 Å². The fourth-order valence-electron chi connectivity index (χ4n) is 2.05. The van der Waals surface area contributed by atoms with E-state index in [1.54, 1.807) is 17.5 Å². The van der Waals surface area contributed by atoms with Crippen LogP contribution in [0.1, 0.15) is 37.6 Å². The molecule has 2 aromatic heterocycles. The highest BCUT2D eigenvalue weighted by molar-refractivity contribution is 9.11. The minimum absolute atomic E-state index is 0.0949. The molecule has 2 aromatic rings. The lowest BCUT2D eigenvalue weighted by Crippen LogP contribution is -2.25. The molecule has 104 valence electrons. The summed E-state index contributed by atoms with van der Waals surface area (Å²) >= 11 is 11.5. The van der Waals surface area contributed by atoms with Gasteiger partial charge in [0, 0.05) is 6.54 Å². The molecule has 0 saturated carbocycles. The third kappa shape index (κ3) is 3.40. The minimum atomic E-state index is 0.0949. The second-order valence-electron chi connectivity index (χ2n) is 4.26. The van der Waals surface area contributed by atoms with Crippen LogP contribution < -0.4 is 5.32 Å². The Morgan fingerprint density at radius 3 is 2.89 bits per heavy atom. The molecule has 0 radical (unpaired) electrons. The van der Waals surface area contributed by atoms with Crippen LogP contribution >= 0.6 is 38.9 Å². The van der Waals surface area contributed by atoms with E-state index in [1.807, 2.05) is 4.68 Å². The van der Waals surface area contributed by atoms with Crippen LogP contribution in [0, 0.1) is 0 Å². The number of aryl methyl sites for hydroxylation is 1. The Morgan fingerprint density at radius 1 is 1.53 bits per heavy atom. The van der Waals surface area contributed by atoms with E-state index in [0.29, 0.717) is 0 Å². The van der Waals surface area contributed by atoms with Gasteiger partial charge in [0.05, 0.1) is 26.7 Å². The molecule has 0 aliphatic rings. The predicted octanol–water partition coefficient (Wildman–Crippen LogP) is 4.47. The predicted molar refractivity (Wildman–Crippen MR) is 85.1 cm³/mol. The van der Waals surface area contributed by atoms with Crippen molar-refractivity contribution in [2.24, 2.45) is 0 Å². The van der Waals surface area contributed by atoms with Crippen LogP contribution in [0.4, 0.5) is 0 Å². The Balaban J connectivity index is 2.39. The average Bonchev–Trinajstić information content (AvgIpc) is 2.98. The maximum absolute atomic E-state index is 6.32. The van der Waals surface area contributed by atoms with Gasteiger partial charge in [-0.3, -0.25) is 4.68 Å². The molecule has 2 heterocycles. The van der Waals surface area contributed by atoms with Gasteiger partial charge in [-0.1, -0.05) is 18.5 Å². The molecule has 19 heavy (non-hydrogen) atoms. The van der Waals surface area contributed by atoms with E-state index < -0.39 is 0 Å². The van der Waals surface area contributed by atoms with Crippen LogP contribution in [-0.4, -0.2) is 16.3 Å². The first-order valence-corrected chi connectivity index (χ1v) is 8.40. The summed E-state index contributed by atoms with van der Waals surface area (Å²) in [7, 11) is 0. The van der Waals surface area contributed by atoms with Crippen molar-refractivity contribution < 1.29 is 0 Å². The van der Waals surface area contributed by atoms with Crippen molar-refractivity contribution >= 4 is 38.9 Å². The Labute approximate surface area is 131 Å². The third-order valence-electron chi connectivity index (χ3n) is 2.93. The van der Waals surface area contributed by atoms with Gasteiger partial charge in [0.25, 0.3) is 0 Å². The largest absolute Gasteiger partial charge is 0.305 e. The summed E-state index contributed by atoms with van der Waals surface area (Å²) in [5.74, 6) is 0. The first-order valence-electron chi connectivity index (χ1n) is 6.35. The van der Waals surface area contributed by atoms with Crippen LogP contribution in [0.3, 0.4) is 0 Å². The normalized spacial score (nSPS) is 12.8. The fourth-order valence-corrected chi connectivity index (χ4v) is 3.50. The summed E-state index contributed by atoms with van der Waals surface area (Å²) in [5, 5.41) is 10.8. The van der Waals surface area contributed by atoms with Gasteiger partial charge in [-0.25, -0.2) is 0 Å². The number of thiophene rings is 1. The molecule has 0 fully saturated rings. The Bertz CT molecular complexity index is 538. The molecule has 0 aromatic carbocycles. The first kappa shape index (κ1) is 15.0. The van der Waals surface area contributed by atoms with Gasteiger partial charge in [0.1, 0.15) is 0 Å². The molecule has 0 bridgehead atoms. The Kier molecular flexibility index (Phi) is 5.45. The zero-order valence-electron chi connectivity index (χ0n) is 11.0. The summed E-state index contributed by atoms with van der Waals surface area (Å²) < 4.78 is 3.09. The van der Waals surface area contributed by atoms with Gasteiger partial charge < -0.3 is 5.32 Å². The van der Waals surface area contributed by atoms with Crippen LogP contribution in [0.5, 0.6) is 0 Å². The smallest absolute Gasteiger partial charge is 0.0837 e. The SMILES string of the molecule is CCCNC(c1csc(Br)c1)c1c(Cl)cnn1CC. The summed E-state index contributed by atoms with van der Waals surface area (Å²) in [6, 6.07) is 2.24. The second-order valence-corrected chi connectivity index (χ2v) is 6.96. The van der Waals surface area contributed by atoms with E-state index >= 15 is 0 Å². The van der Waals surface area contributed by atoms with Crippen LogP contribution in [0.15, 0.2) is 21.4 Å². The molecule has 0 saturated heterocycles. The van der Waals surface area contributed by atoms with Gasteiger partial charge >= 0.3 is 0 Å². The van der Waals surface area contributed by atoms with Crippen LogP contribution in [0.25, 0.3) is 0 Å². The lowest BCUT2D eigenvalue weighted by molar-refractivity contribution is 0.530. The van der Waals surface area contributed by atoms with E-state index in [1.165, 1.54) is 5.56 Å². The molecule has 6 heteroatoms. The number of hydrogen-bond donors (Lipinski definition) is 1. The average molecular weight is 363 g/mol. The van der Waals surface area contributed by atoms with Gasteiger partial charge in [-0.15, -0.1) is 11.3 Å². The summed E-state index contributed by atoms with van der Waals surface area (Å²) in [4.78, 5) is 0. The van der Waals surface area contributed by atoms with Gasteiger partial charge in [0.15, 0.2) is 0 Å². The highest BCUT2D eigenvalue weighted by Gasteiger charge is 2.22. The summed E-state index contributed by atoms with van der Waals surface area (Å²) in [6.45, 7) is 6.00. The maximum Gasteiger partial charge on any atom is 0.0837 e. The van der Waals surface area contributed by atoms with Crippen molar-refractivity contribution in [2.45, 2.75) is 32.9 Å². The second kappa shape index (κ2) is 6.88. The topological polar surface area (TPSA) is 29.9 Å². The monoisotopic (exact) mass is 361 g/mol. The van der Waals surface area contributed by atoms with Gasteiger partial charge in [-0.2, -0.15) is 5.10 Å². The van der Waals surface area contributed by atoms with E-state index in [-0.39, 0.29) is 6.04 Å². The Morgan fingerprint density at radius 2 is 2.32 bits per heavy atom. The maximum atomic E-state index is 6.32. The molecule has 1 N–H and O–H groups in total. The van der Waals surface area contributed by atoms with E-state index in [2.05, 4.69) is 51.6 Å². The molecule has 3 nitrogen and oxygen atoms in total. The molecule has 0 aliphatic heterocycles. The quantitative estimate of drug-likeness (QED) is 0.821. The van der Waals surface area contributed by atoms with E-state index in [9.17, 15) is 0 Å². The molecule has 0 amide bonds. The summed E-state index contributed by atoms with van der Waals surface area (Å²) in [5.41, 5.74) is 2.27. The number of nitrogens with one attached hydrogen (secondary N) is 1. The number of hydrogen-bond acceptors (Lipinski definition) is 3. The highest BCUT2D eigenvalue weighted by Crippen LogP contribution is 2.32. The van der Waals surface area contributed by atoms with Crippen molar-refractivity contribution in [3.63, 3.8) is 0 Å². The lowest BCUT2D eigenvalue weighted by Gasteiger charge is -2.19. The number of halogens is 2. The van der Waals surface area contributed by atoms with Gasteiger partial charge in [-0.05, 0) is 52.8 Å². The third-order valence-corrected chi connectivity index (χ3v) is 4.74. The minimum Gasteiger partial charge on any atom is -0.305 e. The molecular formula is C13H17BrClN3S. The number of nitrogens with zero attached hydrogens (tertiary/aromatic N) is 2. The number of aromatic nitrogens is 2. The Hall–Kier alpha value is -0.360. The molecular weight excluding hydrogens is 346 g/mol. The summed E-state index contributed by atoms with van der Waals surface area (Å²) in [6.07, 6.45) is 2.81. The van der Waals surface area contributed by atoms with Crippen molar-refractivity contribution in [1.82, 2.24) is 15.1 Å². The van der Waals surface area contributed by atoms with Crippen molar-refractivity contribution in [2.75, 3.05) is 6.54 Å². The molecule has 1 unspecified atom stereocenters.